The number of allylic oxidation sites excluding steroid dienone is 1. The molecule has 9 nitrogen and oxygen atoms in total. The normalized spacial score (nSPS) is 15.0. The maximum atomic E-state index is 13.9. The maximum Gasteiger partial charge on any atom is 0.338 e. The monoisotopic (exact) mass is 602 g/mol. The van der Waals surface area contributed by atoms with Crippen molar-refractivity contribution < 1.29 is 28.5 Å². The highest BCUT2D eigenvalue weighted by Gasteiger charge is 2.35. The first kappa shape index (κ1) is 27.5. The average molecular weight is 603 g/mol. The summed E-state index contributed by atoms with van der Waals surface area (Å²) < 4.78 is 29.9. The summed E-state index contributed by atoms with van der Waals surface area (Å²) in [6.45, 7) is 3.63. The molecule has 2 aromatic carbocycles. The largest absolute Gasteiger partial charge is 0.497 e. The van der Waals surface area contributed by atoms with Crippen LogP contribution < -0.4 is 33.8 Å². The molecule has 2 heterocycles. The fraction of sp³-hybridized carbons (Fsp3) is 0.296. The summed E-state index contributed by atoms with van der Waals surface area (Å²) in [5.74, 6) is 1.55. The first-order valence-corrected chi connectivity index (χ1v) is 13.2. The van der Waals surface area contributed by atoms with Crippen molar-refractivity contribution in [3.8, 4) is 23.0 Å². The van der Waals surface area contributed by atoms with Gasteiger partial charge in [-0.3, -0.25) is 9.36 Å². The summed E-state index contributed by atoms with van der Waals surface area (Å²) in [5, 5.41) is 0. The topological polar surface area (TPSA) is 97.6 Å². The second-order valence-corrected chi connectivity index (χ2v) is 10.0. The third-order valence-electron chi connectivity index (χ3n) is 6.00. The Balaban J connectivity index is 2.00. The van der Waals surface area contributed by atoms with Gasteiger partial charge in [-0.25, -0.2) is 9.79 Å². The van der Waals surface area contributed by atoms with Crippen molar-refractivity contribution in [2.45, 2.75) is 19.9 Å². The van der Waals surface area contributed by atoms with Gasteiger partial charge in [0, 0.05) is 5.56 Å². The van der Waals surface area contributed by atoms with E-state index in [0.717, 1.165) is 5.56 Å². The molecule has 0 aliphatic carbocycles. The van der Waals surface area contributed by atoms with E-state index in [1.54, 1.807) is 65.5 Å². The molecule has 0 bridgehead atoms. The maximum absolute atomic E-state index is 13.9. The molecule has 0 saturated carbocycles. The third-order valence-corrected chi connectivity index (χ3v) is 7.57. The number of aromatic nitrogens is 1. The Bertz CT molecular complexity index is 1610. The summed E-state index contributed by atoms with van der Waals surface area (Å²) in [6.07, 6.45) is 1.75. The molecule has 4 rings (SSSR count). The zero-order valence-electron chi connectivity index (χ0n) is 21.8. The quantitative estimate of drug-likeness (QED) is 0.363. The lowest BCUT2D eigenvalue weighted by molar-refractivity contribution is -0.139. The molecule has 0 spiro atoms. The second-order valence-electron chi connectivity index (χ2n) is 8.15. The standard InChI is InChI=1S/C27H27BrN2O7S/c1-7-37-26(32)22-14(2)29-27-30(23(22)17-13-16(33-3)8-9-19(17)34-4)25(31)21(38-27)12-15-10-18(28)24(36-6)20(11-15)35-5/h8-13,23H,7H2,1-6H3/b21-12+/t23-/m0/s1. The lowest BCUT2D eigenvalue weighted by Crippen LogP contribution is -2.40. The Hall–Kier alpha value is -3.57. The van der Waals surface area contributed by atoms with Gasteiger partial charge in [-0.05, 0) is 71.7 Å². The third kappa shape index (κ3) is 4.95. The number of rotatable bonds is 8. The zero-order valence-corrected chi connectivity index (χ0v) is 24.2. The summed E-state index contributed by atoms with van der Waals surface area (Å²) in [5.41, 5.74) is 1.69. The molecule has 38 heavy (non-hydrogen) atoms. The minimum atomic E-state index is -0.838. The summed E-state index contributed by atoms with van der Waals surface area (Å²) in [4.78, 5) is 32.2. The van der Waals surface area contributed by atoms with Crippen LogP contribution >= 0.6 is 27.3 Å². The minimum absolute atomic E-state index is 0.177. The molecule has 0 saturated heterocycles. The van der Waals surface area contributed by atoms with E-state index in [1.807, 2.05) is 6.07 Å². The zero-order chi connectivity index (χ0) is 27.6. The van der Waals surface area contributed by atoms with Crippen LogP contribution in [-0.2, 0) is 9.53 Å². The SMILES string of the molecule is CCOC(=O)C1=C(C)N=c2s/c(=C/c3cc(Br)c(OC)c(OC)c3)c(=O)n2[C@H]1c1cc(OC)ccc1OC. The first-order valence-electron chi connectivity index (χ1n) is 11.6. The number of methoxy groups -OCH3 is 4. The number of thiazole rings is 1. The van der Waals surface area contributed by atoms with Crippen molar-refractivity contribution in [2.24, 2.45) is 4.99 Å². The number of halogens is 1. The number of carbonyl (C=O) groups excluding carboxylic acids is 1. The van der Waals surface area contributed by atoms with Gasteiger partial charge < -0.3 is 23.7 Å². The fourth-order valence-corrected chi connectivity index (χ4v) is 5.98. The van der Waals surface area contributed by atoms with Gasteiger partial charge in [-0.2, -0.15) is 0 Å². The molecule has 0 N–H and O–H groups in total. The van der Waals surface area contributed by atoms with E-state index < -0.39 is 12.0 Å². The lowest BCUT2D eigenvalue weighted by Gasteiger charge is -2.26. The number of nitrogens with zero attached hydrogens (tertiary/aromatic N) is 2. The van der Waals surface area contributed by atoms with Crippen molar-refractivity contribution >= 4 is 39.3 Å². The molecule has 1 atom stereocenters. The number of hydrogen-bond acceptors (Lipinski definition) is 9. The summed E-state index contributed by atoms with van der Waals surface area (Å²) in [6, 6.07) is 8.01. The number of carbonyl (C=O) groups is 1. The van der Waals surface area contributed by atoms with Crippen LogP contribution in [-0.4, -0.2) is 45.6 Å². The van der Waals surface area contributed by atoms with E-state index in [0.29, 0.717) is 48.1 Å². The number of esters is 1. The Labute approximate surface area is 231 Å². The number of ether oxygens (including phenoxy) is 5. The predicted molar refractivity (Wildman–Crippen MR) is 147 cm³/mol. The van der Waals surface area contributed by atoms with E-state index in [1.165, 1.54) is 23.0 Å². The van der Waals surface area contributed by atoms with Crippen molar-refractivity contribution in [3.05, 3.63) is 76.9 Å². The summed E-state index contributed by atoms with van der Waals surface area (Å²) >= 11 is 4.72. The van der Waals surface area contributed by atoms with Crippen LogP contribution in [0.2, 0.25) is 0 Å². The van der Waals surface area contributed by atoms with Gasteiger partial charge in [0.05, 0.1) is 55.3 Å². The fourth-order valence-electron chi connectivity index (χ4n) is 4.31. The molecule has 0 unspecified atom stereocenters. The average Bonchev–Trinajstić information content (AvgIpc) is 3.21. The second kappa shape index (κ2) is 11.4. The van der Waals surface area contributed by atoms with Crippen molar-refractivity contribution in [1.29, 1.82) is 0 Å². The highest BCUT2D eigenvalue weighted by molar-refractivity contribution is 9.10. The van der Waals surface area contributed by atoms with Crippen molar-refractivity contribution in [1.82, 2.24) is 4.57 Å². The molecule has 1 aliphatic heterocycles. The molecule has 1 aliphatic rings. The van der Waals surface area contributed by atoms with Gasteiger partial charge in [-0.15, -0.1) is 0 Å². The molecule has 200 valence electrons. The Morgan fingerprint density at radius 2 is 1.82 bits per heavy atom. The Morgan fingerprint density at radius 3 is 2.45 bits per heavy atom. The van der Waals surface area contributed by atoms with Gasteiger partial charge in [0.1, 0.15) is 17.5 Å². The van der Waals surface area contributed by atoms with Crippen LogP contribution in [0.5, 0.6) is 23.0 Å². The van der Waals surface area contributed by atoms with Gasteiger partial charge in [-0.1, -0.05) is 11.3 Å². The smallest absolute Gasteiger partial charge is 0.338 e. The molecule has 11 heteroatoms. The van der Waals surface area contributed by atoms with E-state index >= 15 is 0 Å². The molecular weight excluding hydrogens is 576 g/mol. The Kier molecular flexibility index (Phi) is 8.27. The minimum Gasteiger partial charge on any atom is -0.497 e. The lowest BCUT2D eigenvalue weighted by atomic mass is 9.94. The molecule has 1 aromatic heterocycles. The molecular formula is C27H27BrN2O7S. The number of fused-ring (bicyclic) bond motifs is 1. The van der Waals surface area contributed by atoms with E-state index in [9.17, 15) is 9.59 Å². The van der Waals surface area contributed by atoms with Crippen molar-refractivity contribution in [2.75, 3.05) is 35.0 Å². The van der Waals surface area contributed by atoms with Crippen molar-refractivity contribution in [3.63, 3.8) is 0 Å². The van der Waals surface area contributed by atoms with Gasteiger partial charge >= 0.3 is 5.97 Å². The summed E-state index contributed by atoms with van der Waals surface area (Å²) in [7, 11) is 6.18. The van der Waals surface area contributed by atoms with Gasteiger partial charge in [0.15, 0.2) is 16.3 Å². The predicted octanol–water partition coefficient (Wildman–Crippen LogP) is 3.60. The molecule has 0 radical (unpaired) electrons. The highest BCUT2D eigenvalue weighted by Crippen LogP contribution is 2.38. The van der Waals surface area contributed by atoms with Crippen LogP contribution in [0.4, 0.5) is 0 Å². The van der Waals surface area contributed by atoms with Crippen LogP contribution in [0.25, 0.3) is 6.08 Å². The van der Waals surface area contributed by atoms with Crippen LogP contribution in [0, 0.1) is 0 Å². The number of hydrogen-bond donors (Lipinski definition) is 0. The van der Waals surface area contributed by atoms with Crippen LogP contribution in [0.1, 0.15) is 31.0 Å². The number of benzene rings is 2. The van der Waals surface area contributed by atoms with E-state index in [2.05, 4.69) is 20.9 Å². The molecule has 0 amide bonds. The van der Waals surface area contributed by atoms with E-state index in [4.69, 9.17) is 23.7 Å². The van der Waals surface area contributed by atoms with Crippen LogP contribution in [0.3, 0.4) is 0 Å². The van der Waals surface area contributed by atoms with E-state index in [-0.39, 0.29) is 17.7 Å². The first-order chi connectivity index (χ1) is 18.3. The van der Waals surface area contributed by atoms with Gasteiger partial charge in [0.25, 0.3) is 5.56 Å². The van der Waals surface area contributed by atoms with Gasteiger partial charge in [0.2, 0.25) is 0 Å². The molecule has 0 fully saturated rings. The van der Waals surface area contributed by atoms with Crippen LogP contribution in [0.15, 0.2) is 55.9 Å². The Morgan fingerprint density at radius 1 is 1.08 bits per heavy atom. The highest BCUT2D eigenvalue weighted by atomic mass is 79.9. The molecule has 3 aromatic rings.